The van der Waals surface area contributed by atoms with Crippen molar-refractivity contribution in [3.05, 3.63) is 70.9 Å². The summed E-state index contributed by atoms with van der Waals surface area (Å²) in [7, 11) is 1.65. The predicted molar refractivity (Wildman–Crippen MR) is 106 cm³/mol. The molecule has 0 radical (unpaired) electrons. The summed E-state index contributed by atoms with van der Waals surface area (Å²) in [6.07, 6.45) is -0.0810. The number of methoxy groups -OCH3 is 1. The van der Waals surface area contributed by atoms with Crippen LogP contribution in [0.15, 0.2) is 59.1 Å². The van der Waals surface area contributed by atoms with Crippen molar-refractivity contribution in [2.75, 3.05) is 7.11 Å². The summed E-state index contributed by atoms with van der Waals surface area (Å²) in [4.78, 5) is 4.46. The van der Waals surface area contributed by atoms with Gasteiger partial charge in [0.05, 0.1) is 31.0 Å². The van der Waals surface area contributed by atoms with E-state index in [0.717, 1.165) is 22.6 Å². The molecule has 146 valence electrons. The zero-order chi connectivity index (χ0) is 19.8. The first-order valence-electron chi connectivity index (χ1n) is 9.12. The van der Waals surface area contributed by atoms with Crippen LogP contribution in [-0.2, 0) is 17.9 Å². The molecule has 0 saturated carbocycles. The number of benzene rings is 2. The van der Waals surface area contributed by atoms with Crippen LogP contribution in [0.5, 0.6) is 5.75 Å². The lowest BCUT2D eigenvalue weighted by Crippen LogP contribution is -2.21. The van der Waals surface area contributed by atoms with Crippen LogP contribution in [0.2, 0.25) is 5.02 Å². The molecule has 0 saturated heterocycles. The van der Waals surface area contributed by atoms with Gasteiger partial charge in [-0.05, 0) is 35.9 Å². The third-order valence-electron chi connectivity index (χ3n) is 4.88. The highest BCUT2D eigenvalue weighted by Gasteiger charge is 2.24. The van der Waals surface area contributed by atoms with E-state index < -0.39 is 0 Å². The summed E-state index contributed by atoms with van der Waals surface area (Å²) in [6, 6.07) is 17.2. The molecule has 7 nitrogen and oxygen atoms in total. The number of rotatable bonds is 4. The second-order valence-electron chi connectivity index (χ2n) is 6.68. The molecular formula is C21H17ClN4O3. The summed E-state index contributed by atoms with van der Waals surface area (Å²) in [5.74, 6) is 1.60. The minimum absolute atomic E-state index is 0.0810. The second kappa shape index (κ2) is 7.35. The zero-order valence-electron chi connectivity index (χ0n) is 15.6. The molecule has 1 atom stereocenters. The minimum atomic E-state index is -0.0810. The number of fused-ring (bicyclic) bond motifs is 1. The van der Waals surface area contributed by atoms with Crippen LogP contribution in [0.3, 0.4) is 0 Å². The standard InChI is InChI=1S/C21H17ClN4O3/c1-27-15-8-6-13(7-9-15)19-11-26-14(12-28-19)10-18(24-26)21-23-20(25-29-21)16-4-2-3-5-17(16)22/h2-10,19H,11-12H2,1H3/t19-/m0/s1. The highest BCUT2D eigenvalue weighted by molar-refractivity contribution is 6.33. The van der Waals surface area contributed by atoms with Gasteiger partial charge in [0.25, 0.3) is 5.89 Å². The average Bonchev–Trinajstić information content (AvgIpc) is 3.40. The van der Waals surface area contributed by atoms with Gasteiger partial charge in [0.2, 0.25) is 5.82 Å². The van der Waals surface area contributed by atoms with Crippen molar-refractivity contribution in [2.24, 2.45) is 0 Å². The zero-order valence-corrected chi connectivity index (χ0v) is 16.3. The van der Waals surface area contributed by atoms with Gasteiger partial charge >= 0.3 is 0 Å². The molecule has 1 aliphatic rings. The molecule has 0 unspecified atom stereocenters. The molecule has 8 heteroatoms. The first-order valence-corrected chi connectivity index (χ1v) is 9.50. The highest BCUT2D eigenvalue weighted by Crippen LogP contribution is 2.31. The Morgan fingerprint density at radius 1 is 1.14 bits per heavy atom. The number of hydrogen-bond donors (Lipinski definition) is 0. The van der Waals surface area contributed by atoms with Gasteiger partial charge in [0, 0.05) is 5.56 Å². The van der Waals surface area contributed by atoms with E-state index in [0.29, 0.717) is 35.6 Å². The molecule has 29 heavy (non-hydrogen) atoms. The Hall–Kier alpha value is -3.16. The van der Waals surface area contributed by atoms with E-state index >= 15 is 0 Å². The maximum atomic E-state index is 6.22. The van der Waals surface area contributed by atoms with Crippen LogP contribution in [0.4, 0.5) is 0 Å². The molecule has 2 aromatic heterocycles. The minimum Gasteiger partial charge on any atom is -0.497 e. The average molecular weight is 409 g/mol. The van der Waals surface area contributed by atoms with E-state index in [2.05, 4.69) is 15.2 Å². The van der Waals surface area contributed by atoms with E-state index in [1.807, 2.05) is 53.2 Å². The van der Waals surface area contributed by atoms with Crippen LogP contribution in [0, 0.1) is 0 Å². The quantitative estimate of drug-likeness (QED) is 0.493. The summed E-state index contributed by atoms with van der Waals surface area (Å²) in [5, 5.41) is 9.26. The summed E-state index contributed by atoms with van der Waals surface area (Å²) < 4.78 is 18.6. The van der Waals surface area contributed by atoms with Crippen LogP contribution in [0.1, 0.15) is 17.4 Å². The lowest BCUT2D eigenvalue weighted by molar-refractivity contribution is -0.00115. The van der Waals surface area contributed by atoms with Crippen molar-refractivity contribution >= 4 is 11.6 Å². The Balaban J connectivity index is 1.39. The van der Waals surface area contributed by atoms with E-state index in [1.54, 1.807) is 13.2 Å². The fourth-order valence-corrected chi connectivity index (χ4v) is 3.55. The van der Waals surface area contributed by atoms with E-state index in [4.69, 9.17) is 25.6 Å². The van der Waals surface area contributed by atoms with Crippen molar-refractivity contribution in [3.63, 3.8) is 0 Å². The fourth-order valence-electron chi connectivity index (χ4n) is 3.33. The van der Waals surface area contributed by atoms with Crippen LogP contribution < -0.4 is 4.74 Å². The molecule has 0 fully saturated rings. The van der Waals surface area contributed by atoms with Crippen LogP contribution in [0.25, 0.3) is 23.0 Å². The Morgan fingerprint density at radius 3 is 2.76 bits per heavy atom. The van der Waals surface area contributed by atoms with Gasteiger partial charge in [-0.2, -0.15) is 10.1 Å². The molecule has 0 N–H and O–H groups in total. The Bertz CT molecular complexity index is 1150. The fraction of sp³-hybridized carbons (Fsp3) is 0.190. The topological polar surface area (TPSA) is 75.2 Å². The van der Waals surface area contributed by atoms with Gasteiger partial charge in [-0.25, -0.2) is 0 Å². The smallest absolute Gasteiger partial charge is 0.278 e. The molecular weight excluding hydrogens is 392 g/mol. The molecule has 0 spiro atoms. The monoisotopic (exact) mass is 408 g/mol. The van der Waals surface area contributed by atoms with E-state index in [1.165, 1.54) is 0 Å². The molecule has 5 rings (SSSR count). The summed E-state index contributed by atoms with van der Waals surface area (Å²) >= 11 is 6.22. The molecule has 0 bridgehead atoms. The number of hydrogen-bond acceptors (Lipinski definition) is 6. The molecule has 1 aliphatic heterocycles. The number of aromatic nitrogens is 4. The molecule has 3 heterocycles. The Labute approximate surface area is 171 Å². The van der Waals surface area contributed by atoms with Crippen LogP contribution >= 0.6 is 11.6 Å². The largest absolute Gasteiger partial charge is 0.497 e. The van der Waals surface area contributed by atoms with Gasteiger partial charge in [-0.15, -0.1) is 0 Å². The van der Waals surface area contributed by atoms with Crippen LogP contribution in [-0.4, -0.2) is 27.0 Å². The van der Waals surface area contributed by atoms with Gasteiger partial charge < -0.3 is 14.0 Å². The Kier molecular flexibility index (Phi) is 4.54. The molecule has 0 aliphatic carbocycles. The molecule has 4 aromatic rings. The van der Waals surface area contributed by atoms with Gasteiger partial charge in [-0.3, -0.25) is 4.68 Å². The lowest BCUT2D eigenvalue weighted by Gasteiger charge is -2.24. The Morgan fingerprint density at radius 2 is 1.97 bits per heavy atom. The molecule has 2 aromatic carbocycles. The first kappa shape index (κ1) is 17.9. The number of halogens is 1. The van der Waals surface area contributed by atoms with E-state index in [-0.39, 0.29) is 6.10 Å². The number of ether oxygens (including phenoxy) is 2. The van der Waals surface area contributed by atoms with Crippen molar-refractivity contribution in [1.82, 2.24) is 19.9 Å². The second-order valence-corrected chi connectivity index (χ2v) is 7.09. The van der Waals surface area contributed by atoms with Crippen molar-refractivity contribution in [3.8, 4) is 28.7 Å². The van der Waals surface area contributed by atoms with Crippen molar-refractivity contribution in [2.45, 2.75) is 19.3 Å². The number of nitrogens with zero attached hydrogens (tertiary/aromatic N) is 4. The normalized spacial score (nSPS) is 15.9. The maximum Gasteiger partial charge on any atom is 0.278 e. The summed E-state index contributed by atoms with van der Waals surface area (Å²) in [5.41, 5.74) is 3.37. The van der Waals surface area contributed by atoms with Crippen molar-refractivity contribution in [1.29, 1.82) is 0 Å². The van der Waals surface area contributed by atoms with Gasteiger partial charge in [-0.1, -0.05) is 41.0 Å². The molecule has 0 amide bonds. The van der Waals surface area contributed by atoms with Gasteiger partial charge in [0.1, 0.15) is 11.9 Å². The maximum absolute atomic E-state index is 6.22. The third kappa shape index (κ3) is 3.39. The third-order valence-corrected chi connectivity index (χ3v) is 5.21. The first-order chi connectivity index (χ1) is 14.2. The van der Waals surface area contributed by atoms with Crippen molar-refractivity contribution < 1.29 is 14.0 Å². The lowest BCUT2D eigenvalue weighted by atomic mass is 10.1. The van der Waals surface area contributed by atoms with E-state index in [9.17, 15) is 0 Å². The highest BCUT2D eigenvalue weighted by atomic mass is 35.5. The van der Waals surface area contributed by atoms with Gasteiger partial charge in [0.15, 0.2) is 5.69 Å². The summed E-state index contributed by atoms with van der Waals surface area (Å²) in [6.45, 7) is 1.06. The predicted octanol–water partition coefficient (Wildman–Crippen LogP) is 4.53. The SMILES string of the molecule is COc1ccc([C@@H]2Cn3nc(-c4nc(-c5ccccc5Cl)no4)cc3CO2)cc1.